The average molecular weight is 688 g/mol. The molecule has 3 aromatic carbocycles. The van der Waals surface area contributed by atoms with Crippen molar-refractivity contribution in [3.8, 4) is 0 Å². The molecule has 3 rings (SSSR count). The second kappa shape index (κ2) is 17.5. The first kappa shape index (κ1) is 37.8. The molecule has 3 aromatic rings. The van der Waals surface area contributed by atoms with E-state index in [1.807, 2.05) is 51.1 Å². The fourth-order valence-electron chi connectivity index (χ4n) is 5.08. The summed E-state index contributed by atoms with van der Waals surface area (Å²) in [5.41, 5.74) is 0.647. The maximum Gasteiger partial charge on any atom is 0.253 e. The van der Waals surface area contributed by atoms with Crippen LogP contribution < -0.4 is 15.3 Å². The number of benzene rings is 3. The van der Waals surface area contributed by atoms with Crippen LogP contribution in [0.1, 0.15) is 66.3 Å². The summed E-state index contributed by atoms with van der Waals surface area (Å²) in [6.45, 7) is 6.68. The summed E-state index contributed by atoms with van der Waals surface area (Å²) in [5, 5.41) is 21.1. The minimum Gasteiger partial charge on any atom is -0.390 e. The molecule has 12 nitrogen and oxygen atoms in total. The van der Waals surface area contributed by atoms with Gasteiger partial charge in [0.25, 0.3) is 21.8 Å². The molecule has 0 saturated carbocycles. The fraction of sp³-hybridized carbons (Fsp3) is 0.394. The van der Waals surface area contributed by atoms with Crippen LogP contribution in [0.3, 0.4) is 0 Å². The monoisotopic (exact) mass is 687 g/mol. The molecule has 0 heterocycles. The average Bonchev–Trinajstić information content (AvgIpc) is 3.04. The topological polar surface area (TPSA) is 179 Å². The van der Waals surface area contributed by atoms with Crippen molar-refractivity contribution in [3.63, 3.8) is 0 Å². The largest absolute Gasteiger partial charge is 0.390 e. The number of primary sulfonamides is 1. The van der Waals surface area contributed by atoms with E-state index in [9.17, 15) is 31.5 Å². The van der Waals surface area contributed by atoms with Crippen molar-refractivity contribution in [3.05, 3.63) is 95.6 Å². The minimum atomic E-state index is -4.29. The summed E-state index contributed by atoms with van der Waals surface area (Å²) >= 11 is 0. The predicted octanol–water partition coefficient (Wildman–Crippen LogP) is 2.90. The van der Waals surface area contributed by atoms with Crippen LogP contribution in [0, 0.1) is 0 Å². The molecular formula is C33H45N5O7S2. The Morgan fingerprint density at radius 1 is 0.787 bits per heavy atom. The maximum absolute atomic E-state index is 13.7. The highest BCUT2D eigenvalue weighted by Crippen LogP contribution is 2.18. The number of aliphatic hydroxyl groups is 1. The standard InChI is InChI=1S/C33H45N5O7S2/c1-4-17-37(18-5-2)33(41)27-21-26(22-29(23-27)46(34,42)43)32(40)35-30(20-25-13-9-7-10-14-25)31(39)24-38(19-6-3)36-47(44,45)28-15-11-8-12-16-28/h7-16,21-23,30-31,36,39H,4-6,17-20,24H2,1-3H3,(H,35,40)(H2,34,42,43). The zero-order valence-corrected chi connectivity index (χ0v) is 28.6. The number of hydrogen-bond donors (Lipinski definition) is 4. The summed E-state index contributed by atoms with van der Waals surface area (Å²) in [6, 6.07) is 19.5. The number of sulfonamides is 2. The van der Waals surface area contributed by atoms with E-state index < -0.39 is 48.9 Å². The first-order valence-corrected chi connectivity index (χ1v) is 18.6. The molecule has 14 heteroatoms. The van der Waals surface area contributed by atoms with Crippen LogP contribution in [0.2, 0.25) is 0 Å². The molecule has 5 N–H and O–H groups in total. The van der Waals surface area contributed by atoms with E-state index in [2.05, 4.69) is 10.1 Å². The molecule has 0 aromatic heterocycles. The van der Waals surface area contributed by atoms with Crippen LogP contribution >= 0.6 is 0 Å². The highest BCUT2D eigenvalue weighted by atomic mass is 32.2. The molecule has 0 aliphatic carbocycles. The summed E-state index contributed by atoms with van der Waals surface area (Å²) in [7, 11) is -8.25. The van der Waals surface area contributed by atoms with Crippen molar-refractivity contribution < 1.29 is 31.5 Å². The van der Waals surface area contributed by atoms with Gasteiger partial charge in [0.05, 0.1) is 21.9 Å². The van der Waals surface area contributed by atoms with Crippen LogP contribution in [0.5, 0.6) is 0 Å². The summed E-state index contributed by atoms with van der Waals surface area (Å²) in [4.78, 5) is 30.9. The number of nitrogens with zero attached hydrogens (tertiary/aromatic N) is 2. The smallest absolute Gasteiger partial charge is 0.253 e. The second-order valence-electron chi connectivity index (χ2n) is 11.3. The summed E-state index contributed by atoms with van der Waals surface area (Å²) in [5.74, 6) is -1.18. The van der Waals surface area contributed by atoms with E-state index in [1.165, 1.54) is 23.2 Å². The second-order valence-corrected chi connectivity index (χ2v) is 14.5. The van der Waals surface area contributed by atoms with Crippen LogP contribution in [0.25, 0.3) is 0 Å². The van der Waals surface area contributed by atoms with Crippen molar-refractivity contribution in [2.75, 3.05) is 26.2 Å². The Morgan fingerprint density at radius 3 is 1.89 bits per heavy atom. The van der Waals surface area contributed by atoms with Crippen molar-refractivity contribution in [2.24, 2.45) is 5.14 Å². The summed E-state index contributed by atoms with van der Waals surface area (Å²) in [6.07, 6.45) is 0.814. The Hall–Kier alpha value is -3.66. The normalized spacial score (nSPS) is 13.2. The van der Waals surface area contributed by atoms with E-state index in [4.69, 9.17) is 5.14 Å². The Balaban J connectivity index is 1.95. The van der Waals surface area contributed by atoms with Crippen molar-refractivity contribution in [2.45, 2.75) is 68.4 Å². The summed E-state index contributed by atoms with van der Waals surface area (Å²) < 4.78 is 50.9. The van der Waals surface area contributed by atoms with Gasteiger partial charge in [0.1, 0.15) is 0 Å². The number of nitrogens with two attached hydrogens (primary N) is 1. The maximum atomic E-state index is 13.7. The van der Waals surface area contributed by atoms with E-state index in [0.717, 1.165) is 17.7 Å². The minimum absolute atomic E-state index is 0.00632. The number of rotatable bonds is 18. The van der Waals surface area contributed by atoms with E-state index in [1.54, 1.807) is 23.1 Å². The van der Waals surface area contributed by atoms with Gasteiger partial charge < -0.3 is 15.3 Å². The van der Waals surface area contributed by atoms with Crippen molar-refractivity contribution in [1.82, 2.24) is 20.1 Å². The van der Waals surface area contributed by atoms with Crippen LogP contribution in [0.15, 0.2) is 88.7 Å². The number of aliphatic hydroxyl groups excluding tert-OH is 1. The van der Waals surface area contributed by atoms with Crippen molar-refractivity contribution >= 4 is 31.9 Å². The van der Waals surface area contributed by atoms with Gasteiger partial charge >= 0.3 is 0 Å². The van der Waals surface area contributed by atoms with E-state index in [0.29, 0.717) is 32.4 Å². The first-order chi connectivity index (χ1) is 22.3. The number of hydrogen-bond acceptors (Lipinski definition) is 8. The van der Waals surface area contributed by atoms with Crippen molar-refractivity contribution in [1.29, 1.82) is 0 Å². The lowest BCUT2D eigenvalue weighted by molar-refractivity contribution is 0.0618. The molecule has 0 radical (unpaired) electrons. The molecule has 2 amide bonds. The van der Waals surface area contributed by atoms with Gasteiger partial charge in [-0.3, -0.25) is 9.59 Å². The zero-order valence-electron chi connectivity index (χ0n) is 27.0. The SMILES string of the molecule is CCCN(CC(O)C(Cc1ccccc1)NC(=O)c1cc(C(=O)N(CCC)CCC)cc(S(N)(=O)=O)c1)NS(=O)(=O)c1ccccc1. The van der Waals surface area contributed by atoms with Gasteiger partial charge in [-0.15, -0.1) is 4.83 Å². The lowest BCUT2D eigenvalue weighted by Crippen LogP contribution is -2.53. The Kier molecular flexibility index (Phi) is 14.1. The molecule has 0 bridgehead atoms. The Morgan fingerprint density at radius 2 is 1.34 bits per heavy atom. The molecule has 47 heavy (non-hydrogen) atoms. The predicted molar refractivity (Wildman–Crippen MR) is 180 cm³/mol. The molecular weight excluding hydrogens is 643 g/mol. The molecule has 0 saturated heterocycles. The van der Waals surface area contributed by atoms with Gasteiger partial charge in [-0.05, 0) is 61.6 Å². The molecule has 2 atom stereocenters. The van der Waals surface area contributed by atoms with Gasteiger partial charge in [-0.1, -0.05) is 69.3 Å². The Bertz CT molecular complexity index is 1680. The van der Waals surface area contributed by atoms with Gasteiger partial charge in [-0.2, -0.15) is 0 Å². The number of amides is 2. The molecule has 2 unspecified atom stereocenters. The number of nitrogens with one attached hydrogen (secondary N) is 2. The van der Waals surface area contributed by atoms with Crippen LogP contribution in [0.4, 0.5) is 0 Å². The van der Waals surface area contributed by atoms with E-state index >= 15 is 0 Å². The van der Waals surface area contributed by atoms with Gasteiger partial charge in [0.15, 0.2) is 0 Å². The third-order valence-corrected chi connectivity index (χ3v) is 9.59. The lowest BCUT2D eigenvalue weighted by Gasteiger charge is -2.30. The fourth-order valence-corrected chi connectivity index (χ4v) is 6.79. The number of hydrazine groups is 1. The molecule has 0 spiro atoms. The third-order valence-electron chi connectivity index (χ3n) is 7.30. The highest BCUT2D eigenvalue weighted by Gasteiger charge is 2.28. The van der Waals surface area contributed by atoms with Gasteiger partial charge in [0, 0.05) is 37.3 Å². The van der Waals surface area contributed by atoms with Gasteiger partial charge in [-0.25, -0.2) is 27.0 Å². The molecule has 0 fully saturated rings. The van der Waals surface area contributed by atoms with Crippen LogP contribution in [-0.4, -0.2) is 82.0 Å². The molecule has 0 aliphatic rings. The zero-order chi connectivity index (χ0) is 34.6. The van der Waals surface area contributed by atoms with Gasteiger partial charge in [0.2, 0.25) is 10.0 Å². The van der Waals surface area contributed by atoms with Crippen LogP contribution in [-0.2, 0) is 26.5 Å². The lowest BCUT2D eigenvalue weighted by atomic mass is 10.00. The third kappa shape index (κ3) is 11.2. The number of carbonyl (C=O) groups is 2. The number of carbonyl (C=O) groups excluding carboxylic acids is 2. The first-order valence-electron chi connectivity index (χ1n) is 15.6. The Labute approximate surface area is 278 Å². The highest BCUT2D eigenvalue weighted by molar-refractivity contribution is 7.89. The quantitative estimate of drug-likeness (QED) is 0.147. The molecule has 256 valence electrons. The van der Waals surface area contributed by atoms with E-state index in [-0.39, 0.29) is 35.5 Å². The molecule has 0 aliphatic heterocycles.